The molecule has 1 fully saturated rings. The van der Waals surface area contributed by atoms with Gasteiger partial charge in [-0.05, 0) is 59.6 Å². The monoisotopic (exact) mass is 594 g/mol. The van der Waals surface area contributed by atoms with Crippen LogP contribution in [0.25, 0.3) is 22.0 Å². The van der Waals surface area contributed by atoms with E-state index in [9.17, 15) is 19.2 Å². The molecule has 5 rings (SSSR count). The van der Waals surface area contributed by atoms with Crippen molar-refractivity contribution in [3.63, 3.8) is 0 Å². The van der Waals surface area contributed by atoms with Crippen LogP contribution < -0.4 is 5.32 Å². The van der Waals surface area contributed by atoms with E-state index in [4.69, 9.17) is 0 Å². The standard InChI is InChI=1S/C26H24BrFN8O3/c1-14(34-39)25-19-8-16(17-10-29-15(2)30-11-17)6-7-20(19)36(33-25)13-24(37)35-12-18(28)9-21(35)26(38)32-23-5-3-4-22(27)31-23/h3-8,10-11,18,21,39H,9,12-13H2,1-2H3,(H,31,32,38)/b34-14+. The Balaban J connectivity index is 1.43. The molecule has 2 unspecified atom stereocenters. The predicted octanol–water partition coefficient (Wildman–Crippen LogP) is 3.74. The molecule has 13 heteroatoms. The number of aromatic nitrogens is 5. The van der Waals surface area contributed by atoms with E-state index in [2.05, 4.69) is 46.5 Å². The summed E-state index contributed by atoms with van der Waals surface area (Å²) in [6.45, 7) is 2.95. The van der Waals surface area contributed by atoms with Crippen LogP contribution in [0.2, 0.25) is 0 Å². The van der Waals surface area contributed by atoms with Crippen LogP contribution in [0.4, 0.5) is 10.2 Å². The maximum absolute atomic E-state index is 14.5. The van der Waals surface area contributed by atoms with E-state index in [1.807, 2.05) is 12.1 Å². The summed E-state index contributed by atoms with van der Waals surface area (Å²) in [6.07, 6.45) is 1.96. The third kappa shape index (κ3) is 5.48. The summed E-state index contributed by atoms with van der Waals surface area (Å²) in [7, 11) is 0. The molecule has 3 aromatic heterocycles. The topological polar surface area (TPSA) is 138 Å². The third-order valence-corrected chi connectivity index (χ3v) is 6.92. The largest absolute Gasteiger partial charge is 0.411 e. The number of alkyl halides is 1. The van der Waals surface area contributed by atoms with E-state index >= 15 is 0 Å². The van der Waals surface area contributed by atoms with E-state index in [0.717, 1.165) is 11.1 Å². The number of nitrogens with zero attached hydrogens (tertiary/aromatic N) is 7. The molecule has 0 spiro atoms. The zero-order chi connectivity index (χ0) is 27.7. The van der Waals surface area contributed by atoms with Gasteiger partial charge < -0.3 is 15.4 Å². The van der Waals surface area contributed by atoms with Crippen molar-refractivity contribution < 1.29 is 19.2 Å². The quantitative estimate of drug-likeness (QED) is 0.150. The van der Waals surface area contributed by atoms with Crippen molar-refractivity contribution in [1.29, 1.82) is 0 Å². The van der Waals surface area contributed by atoms with Gasteiger partial charge in [-0.1, -0.05) is 17.3 Å². The minimum atomic E-state index is -1.34. The molecule has 4 heterocycles. The van der Waals surface area contributed by atoms with E-state index in [0.29, 0.717) is 32.8 Å². The van der Waals surface area contributed by atoms with Crippen molar-refractivity contribution in [2.45, 2.75) is 39.0 Å². The van der Waals surface area contributed by atoms with Gasteiger partial charge in [-0.15, -0.1) is 0 Å². The SMILES string of the molecule is C/C(=N\O)c1nn(CC(=O)N2CC(F)CC2C(=O)Nc2cccc(Br)n2)c2ccc(-c3cnc(C)nc3)cc12. The Bertz CT molecular complexity index is 1590. The molecule has 0 saturated carbocycles. The molecule has 1 aliphatic heterocycles. The summed E-state index contributed by atoms with van der Waals surface area (Å²) >= 11 is 3.25. The van der Waals surface area contributed by atoms with Crippen molar-refractivity contribution in [3.8, 4) is 11.1 Å². The lowest BCUT2D eigenvalue weighted by molar-refractivity contribution is -0.137. The van der Waals surface area contributed by atoms with Gasteiger partial charge in [0.1, 0.15) is 46.4 Å². The number of fused-ring (bicyclic) bond motifs is 1. The highest BCUT2D eigenvalue weighted by molar-refractivity contribution is 9.10. The zero-order valence-electron chi connectivity index (χ0n) is 21.0. The number of oxime groups is 1. The van der Waals surface area contributed by atoms with Crippen LogP contribution in [0, 0.1) is 6.92 Å². The lowest BCUT2D eigenvalue weighted by Crippen LogP contribution is -2.44. The number of benzene rings is 1. The Morgan fingerprint density at radius 3 is 2.69 bits per heavy atom. The van der Waals surface area contributed by atoms with E-state index in [1.165, 1.54) is 9.58 Å². The van der Waals surface area contributed by atoms with Crippen LogP contribution in [-0.4, -0.2) is 71.1 Å². The van der Waals surface area contributed by atoms with E-state index in [-0.39, 0.29) is 25.2 Å². The molecule has 0 radical (unpaired) electrons. The highest BCUT2D eigenvalue weighted by atomic mass is 79.9. The number of nitrogens with one attached hydrogen (secondary N) is 1. The van der Waals surface area contributed by atoms with Crippen LogP contribution in [0.5, 0.6) is 0 Å². The fourth-order valence-corrected chi connectivity index (χ4v) is 4.89. The number of likely N-dealkylation sites (tertiary alicyclic amines) is 1. The number of carbonyl (C=O) groups excluding carboxylic acids is 2. The second kappa shape index (κ2) is 10.8. The Morgan fingerprint density at radius 2 is 1.97 bits per heavy atom. The van der Waals surface area contributed by atoms with Crippen LogP contribution >= 0.6 is 15.9 Å². The summed E-state index contributed by atoms with van der Waals surface area (Å²) in [4.78, 5) is 40.3. The van der Waals surface area contributed by atoms with Crippen molar-refractivity contribution >= 4 is 50.2 Å². The van der Waals surface area contributed by atoms with Gasteiger partial charge >= 0.3 is 0 Å². The van der Waals surface area contributed by atoms with Gasteiger partial charge in [0.05, 0.1) is 12.1 Å². The summed E-state index contributed by atoms with van der Waals surface area (Å²) in [5, 5.41) is 20.6. The van der Waals surface area contributed by atoms with Gasteiger partial charge in [-0.2, -0.15) is 5.10 Å². The highest BCUT2D eigenvalue weighted by Gasteiger charge is 2.40. The van der Waals surface area contributed by atoms with E-state index in [1.54, 1.807) is 50.5 Å². The fraction of sp³-hybridized carbons (Fsp3) is 0.269. The van der Waals surface area contributed by atoms with Gasteiger partial charge in [-0.25, -0.2) is 19.3 Å². The van der Waals surface area contributed by atoms with Gasteiger partial charge in [0.15, 0.2) is 0 Å². The van der Waals surface area contributed by atoms with E-state index < -0.39 is 24.0 Å². The Labute approximate surface area is 230 Å². The average Bonchev–Trinajstić information content (AvgIpc) is 3.49. The maximum Gasteiger partial charge on any atom is 0.248 e. The molecule has 2 amide bonds. The molecular weight excluding hydrogens is 571 g/mol. The molecule has 2 N–H and O–H groups in total. The lowest BCUT2D eigenvalue weighted by Gasteiger charge is -2.23. The van der Waals surface area contributed by atoms with Crippen LogP contribution in [0.15, 0.2) is 58.6 Å². The number of aryl methyl sites for hydroxylation is 1. The number of amides is 2. The molecule has 0 aliphatic carbocycles. The number of hydrogen-bond donors (Lipinski definition) is 2. The normalized spacial score (nSPS) is 17.5. The summed E-state index contributed by atoms with van der Waals surface area (Å²) in [5.74, 6) is -0.0517. The number of carbonyl (C=O) groups is 2. The Hall–Kier alpha value is -4.26. The molecule has 1 saturated heterocycles. The molecule has 11 nitrogen and oxygen atoms in total. The minimum absolute atomic E-state index is 0.116. The average molecular weight is 595 g/mol. The van der Waals surface area contributed by atoms with Crippen molar-refractivity contribution in [3.05, 3.63) is 64.9 Å². The van der Waals surface area contributed by atoms with Gasteiger partial charge in [0, 0.05) is 29.8 Å². The minimum Gasteiger partial charge on any atom is -0.411 e. The highest BCUT2D eigenvalue weighted by Crippen LogP contribution is 2.28. The van der Waals surface area contributed by atoms with Crippen LogP contribution in [-0.2, 0) is 16.1 Å². The molecule has 39 heavy (non-hydrogen) atoms. The second-order valence-electron chi connectivity index (χ2n) is 9.17. The number of pyridine rings is 1. The number of rotatable bonds is 6. The summed E-state index contributed by atoms with van der Waals surface area (Å²) in [5.41, 5.74) is 2.85. The van der Waals surface area contributed by atoms with Gasteiger partial charge in [-0.3, -0.25) is 14.3 Å². The second-order valence-corrected chi connectivity index (χ2v) is 9.98. The number of halogens is 2. The number of anilines is 1. The zero-order valence-corrected chi connectivity index (χ0v) is 22.6. The lowest BCUT2D eigenvalue weighted by atomic mass is 10.0. The predicted molar refractivity (Wildman–Crippen MR) is 145 cm³/mol. The molecular formula is C26H24BrFN8O3. The summed E-state index contributed by atoms with van der Waals surface area (Å²) in [6, 6.07) is 9.53. The van der Waals surface area contributed by atoms with Crippen LogP contribution in [0.1, 0.15) is 24.9 Å². The van der Waals surface area contributed by atoms with Crippen LogP contribution in [0.3, 0.4) is 0 Å². The molecule has 0 bridgehead atoms. The first-order valence-electron chi connectivity index (χ1n) is 12.1. The number of hydrogen-bond acceptors (Lipinski definition) is 8. The third-order valence-electron chi connectivity index (χ3n) is 6.48. The molecule has 200 valence electrons. The van der Waals surface area contributed by atoms with Crippen molar-refractivity contribution in [1.82, 2.24) is 29.6 Å². The summed E-state index contributed by atoms with van der Waals surface area (Å²) < 4.78 is 16.4. The Morgan fingerprint density at radius 1 is 1.21 bits per heavy atom. The molecule has 1 aliphatic rings. The first kappa shape index (κ1) is 26.4. The van der Waals surface area contributed by atoms with Crippen molar-refractivity contribution in [2.75, 3.05) is 11.9 Å². The molecule has 4 aromatic rings. The maximum atomic E-state index is 14.5. The smallest absolute Gasteiger partial charge is 0.248 e. The first-order chi connectivity index (χ1) is 18.7. The molecule has 2 atom stereocenters. The first-order valence-corrected chi connectivity index (χ1v) is 12.9. The van der Waals surface area contributed by atoms with Gasteiger partial charge in [0.25, 0.3) is 0 Å². The van der Waals surface area contributed by atoms with Gasteiger partial charge in [0.2, 0.25) is 11.8 Å². The fourth-order valence-electron chi connectivity index (χ4n) is 4.55. The van der Waals surface area contributed by atoms with Crippen molar-refractivity contribution in [2.24, 2.45) is 5.16 Å². The molecule has 1 aromatic carbocycles. The Kier molecular flexibility index (Phi) is 7.33.